The summed E-state index contributed by atoms with van der Waals surface area (Å²) in [6.45, 7) is 0. The third kappa shape index (κ3) is 2.81. The highest BCUT2D eigenvalue weighted by molar-refractivity contribution is 6.37. The monoisotopic (exact) mass is 324 g/mol. The second kappa shape index (κ2) is 5.10. The molecule has 0 saturated heterocycles. The van der Waals surface area contributed by atoms with Gasteiger partial charge in [-0.15, -0.1) is 0 Å². The fourth-order valence-electron chi connectivity index (χ4n) is 1.58. The van der Waals surface area contributed by atoms with Crippen molar-refractivity contribution in [2.45, 2.75) is 6.18 Å². The molecule has 2 rings (SSSR count). The van der Waals surface area contributed by atoms with Crippen LogP contribution in [0.1, 0.15) is 5.56 Å². The number of benzene rings is 1. The van der Waals surface area contributed by atoms with Gasteiger partial charge in [0, 0.05) is 5.56 Å². The van der Waals surface area contributed by atoms with E-state index in [1.54, 1.807) is 0 Å². The molecule has 0 saturated carbocycles. The minimum atomic E-state index is -4.77. The number of hydrogen-bond donors (Lipinski definition) is 1. The lowest BCUT2D eigenvalue weighted by atomic mass is 10.1. The summed E-state index contributed by atoms with van der Waals surface area (Å²) < 4.78 is 50.9. The number of nitrogens with zero attached hydrogens (tertiary/aromatic N) is 1. The average Bonchev–Trinajstić information content (AvgIpc) is 2.32. The van der Waals surface area contributed by atoms with E-state index in [0.717, 1.165) is 6.07 Å². The van der Waals surface area contributed by atoms with E-state index in [2.05, 4.69) is 4.98 Å². The van der Waals surface area contributed by atoms with Crippen LogP contribution in [0.4, 0.5) is 23.4 Å². The Bertz CT molecular complexity index is 671. The van der Waals surface area contributed by atoms with Crippen molar-refractivity contribution in [1.82, 2.24) is 4.98 Å². The number of nitrogen functional groups attached to an aromatic ring is 1. The van der Waals surface area contributed by atoms with Crippen molar-refractivity contribution in [2.75, 3.05) is 5.73 Å². The zero-order valence-electron chi connectivity index (χ0n) is 9.60. The van der Waals surface area contributed by atoms with E-state index in [4.69, 9.17) is 28.9 Å². The summed E-state index contributed by atoms with van der Waals surface area (Å²) in [7, 11) is 0. The van der Waals surface area contributed by atoms with Crippen LogP contribution in [0.15, 0.2) is 24.3 Å². The van der Waals surface area contributed by atoms with Crippen molar-refractivity contribution in [3.63, 3.8) is 0 Å². The van der Waals surface area contributed by atoms with E-state index in [1.807, 2.05) is 0 Å². The quantitative estimate of drug-likeness (QED) is 0.765. The van der Waals surface area contributed by atoms with Crippen LogP contribution in [0.25, 0.3) is 11.3 Å². The first-order chi connectivity index (χ1) is 9.20. The van der Waals surface area contributed by atoms with Crippen LogP contribution >= 0.6 is 23.2 Å². The van der Waals surface area contributed by atoms with Gasteiger partial charge in [0.1, 0.15) is 11.6 Å². The fraction of sp³-hybridized carbons (Fsp3) is 0.0833. The fourth-order valence-corrected chi connectivity index (χ4v) is 2.04. The number of alkyl halides is 3. The molecule has 2 nitrogen and oxygen atoms in total. The largest absolute Gasteiger partial charge is 0.419 e. The van der Waals surface area contributed by atoms with Gasteiger partial charge in [0.2, 0.25) is 0 Å². The Morgan fingerprint density at radius 3 is 2.25 bits per heavy atom. The third-order valence-corrected chi connectivity index (χ3v) is 3.10. The Labute approximate surface area is 121 Å². The summed E-state index contributed by atoms with van der Waals surface area (Å²) in [6, 6.07) is 3.67. The van der Waals surface area contributed by atoms with Gasteiger partial charge in [-0.25, -0.2) is 9.37 Å². The summed E-state index contributed by atoms with van der Waals surface area (Å²) in [5, 5.41) is 0.162. The van der Waals surface area contributed by atoms with Crippen LogP contribution in [0.5, 0.6) is 0 Å². The summed E-state index contributed by atoms with van der Waals surface area (Å²) >= 11 is 11.6. The van der Waals surface area contributed by atoms with E-state index in [0.29, 0.717) is 12.1 Å². The van der Waals surface area contributed by atoms with E-state index < -0.39 is 17.6 Å². The molecular weight excluding hydrogens is 319 g/mol. The van der Waals surface area contributed by atoms with Crippen LogP contribution in [0, 0.1) is 5.82 Å². The maximum atomic E-state index is 13.5. The number of pyridine rings is 1. The molecule has 1 aromatic heterocycles. The first-order valence-electron chi connectivity index (χ1n) is 5.19. The number of hydrogen-bond acceptors (Lipinski definition) is 2. The first kappa shape index (κ1) is 14.9. The van der Waals surface area contributed by atoms with E-state index >= 15 is 0 Å². The van der Waals surface area contributed by atoms with Crippen molar-refractivity contribution in [3.05, 3.63) is 45.7 Å². The lowest BCUT2D eigenvalue weighted by Crippen LogP contribution is -2.08. The van der Waals surface area contributed by atoms with Crippen molar-refractivity contribution in [3.8, 4) is 11.3 Å². The van der Waals surface area contributed by atoms with Crippen LogP contribution in [0.3, 0.4) is 0 Å². The standard InChI is InChI=1S/C12H6Cl2F4N2/c13-7-4-8(14)11(19)20-10(7)5-1-2-6(9(15)3-5)12(16,17)18/h1-4H,(H2,19,20). The van der Waals surface area contributed by atoms with Gasteiger partial charge in [0.05, 0.1) is 21.3 Å². The van der Waals surface area contributed by atoms with Crippen LogP contribution in [0.2, 0.25) is 10.0 Å². The molecule has 106 valence electrons. The topological polar surface area (TPSA) is 38.9 Å². The van der Waals surface area contributed by atoms with Crippen molar-refractivity contribution >= 4 is 29.0 Å². The molecule has 0 unspecified atom stereocenters. The number of anilines is 1. The molecule has 8 heteroatoms. The molecule has 0 bridgehead atoms. The normalized spacial score (nSPS) is 11.7. The minimum absolute atomic E-state index is 0.0497. The zero-order valence-corrected chi connectivity index (χ0v) is 11.1. The predicted octanol–water partition coefficient (Wildman–Crippen LogP) is 4.80. The average molecular weight is 325 g/mol. The molecule has 1 aromatic carbocycles. The lowest BCUT2D eigenvalue weighted by molar-refractivity contribution is -0.139. The van der Waals surface area contributed by atoms with Crippen LogP contribution in [-0.4, -0.2) is 4.98 Å². The van der Waals surface area contributed by atoms with E-state index in [-0.39, 0.29) is 27.1 Å². The molecule has 0 amide bonds. The Morgan fingerprint density at radius 2 is 1.70 bits per heavy atom. The molecule has 0 aliphatic carbocycles. The molecule has 0 aliphatic rings. The van der Waals surface area contributed by atoms with Crippen molar-refractivity contribution in [1.29, 1.82) is 0 Å². The van der Waals surface area contributed by atoms with E-state index in [9.17, 15) is 17.6 Å². The zero-order chi connectivity index (χ0) is 15.1. The molecular formula is C12H6Cl2F4N2. The number of halogens is 6. The van der Waals surface area contributed by atoms with Crippen LogP contribution in [-0.2, 0) is 6.18 Å². The van der Waals surface area contributed by atoms with Gasteiger partial charge in [0.25, 0.3) is 0 Å². The molecule has 0 spiro atoms. The second-order valence-corrected chi connectivity index (χ2v) is 4.69. The van der Waals surface area contributed by atoms with E-state index in [1.165, 1.54) is 6.07 Å². The highest BCUT2D eigenvalue weighted by Gasteiger charge is 2.34. The smallest absolute Gasteiger partial charge is 0.382 e. The van der Waals surface area contributed by atoms with Crippen molar-refractivity contribution < 1.29 is 17.6 Å². The molecule has 0 fully saturated rings. The SMILES string of the molecule is Nc1nc(-c2ccc(C(F)(F)F)c(F)c2)c(Cl)cc1Cl. The maximum absolute atomic E-state index is 13.5. The summed E-state index contributed by atoms with van der Waals surface area (Å²) in [5.74, 6) is -1.47. The van der Waals surface area contributed by atoms with Gasteiger partial charge in [-0.1, -0.05) is 29.3 Å². The second-order valence-electron chi connectivity index (χ2n) is 3.88. The molecule has 0 aliphatic heterocycles. The maximum Gasteiger partial charge on any atom is 0.419 e. The van der Waals surface area contributed by atoms with Gasteiger partial charge in [-0.2, -0.15) is 13.2 Å². The predicted molar refractivity (Wildman–Crippen MR) is 69.1 cm³/mol. The summed E-state index contributed by atoms with van der Waals surface area (Å²) in [6.07, 6.45) is -4.77. The van der Waals surface area contributed by atoms with Gasteiger partial charge >= 0.3 is 6.18 Å². The summed E-state index contributed by atoms with van der Waals surface area (Å²) in [5.41, 5.74) is 4.26. The van der Waals surface area contributed by atoms with Crippen molar-refractivity contribution in [2.24, 2.45) is 0 Å². The van der Waals surface area contributed by atoms with Gasteiger partial charge in [-0.3, -0.25) is 0 Å². The number of nitrogens with two attached hydrogens (primary N) is 1. The van der Waals surface area contributed by atoms with Crippen LogP contribution < -0.4 is 5.73 Å². The van der Waals surface area contributed by atoms with Gasteiger partial charge in [-0.05, 0) is 18.2 Å². The molecule has 20 heavy (non-hydrogen) atoms. The minimum Gasteiger partial charge on any atom is -0.382 e. The molecule has 0 radical (unpaired) electrons. The molecule has 1 heterocycles. The lowest BCUT2D eigenvalue weighted by Gasteiger charge is -2.10. The Balaban J connectivity index is 2.55. The highest BCUT2D eigenvalue weighted by Crippen LogP contribution is 2.35. The molecule has 2 aromatic rings. The first-order valence-corrected chi connectivity index (χ1v) is 5.94. The Morgan fingerprint density at radius 1 is 1.05 bits per heavy atom. The number of rotatable bonds is 1. The summed E-state index contributed by atoms with van der Waals surface area (Å²) in [4.78, 5) is 3.84. The third-order valence-electron chi connectivity index (χ3n) is 2.50. The van der Waals surface area contributed by atoms with Gasteiger partial charge < -0.3 is 5.73 Å². The highest BCUT2D eigenvalue weighted by atomic mass is 35.5. The Kier molecular flexibility index (Phi) is 3.80. The Hall–Kier alpha value is -1.53. The molecule has 2 N–H and O–H groups in total. The van der Waals surface area contributed by atoms with Gasteiger partial charge in [0.15, 0.2) is 0 Å². The molecule has 0 atom stereocenters. The number of aromatic nitrogens is 1.